The van der Waals surface area contributed by atoms with E-state index in [4.69, 9.17) is 20.0 Å². The summed E-state index contributed by atoms with van der Waals surface area (Å²) >= 11 is 2.18. The zero-order valence-corrected chi connectivity index (χ0v) is 17.2. The summed E-state index contributed by atoms with van der Waals surface area (Å²) in [4.78, 5) is 8.25. The molecule has 2 aromatic rings. The van der Waals surface area contributed by atoms with Crippen LogP contribution in [0.15, 0.2) is 6.07 Å². The fourth-order valence-corrected chi connectivity index (χ4v) is 2.55. The third-order valence-electron chi connectivity index (χ3n) is 3.43. The normalized spacial score (nSPS) is 9.32. The van der Waals surface area contributed by atoms with Gasteiger partial charge in [0.1, 0.15) is 23.3 Å². The van der Waals surface area contributed by atoms with E-state index in [1.54, 1.807) is 0 Å². The molecule has 0 fully saturated rings. The molecule has 2 rings (SSSR count). The molecule has 0 N–H and O–H groups in total. The quantitative estimate of drug-likeness (QED) is 0.648. The van der Waals surface area contributed by atoms with Gasteiger partial charge in [0.25, 0.3) is 0 Å². The molecule has 0 saturated carbocycles. The second kappa shape index (κ2) is 9.19. The molecule has 0 aromatic carbocycles. The lowest BCUT2D eigenvalue weighted by molar-refractivity contribution is 0.394. The number of hydrogen-bond acceptors (Lipinski definition) is 6. The Morgan fingerprint density at radius 3 is 1.92 bits per heavy atom. The highest BCUT2D eigenvalue weighted by atomic mass is 127. The summed E-state index contributed by atoms with van der Waals surface area (Å²) in [5.74, 6) is 0.827. The van der Waals surface area contributed by atoms with E-state index in [9.17, 15) is 0 Å². The maximum absolute atomic E-state index is 8.87. The second-order valence-electron chi connectivity index (χ2n) is 5.21. The maximum atomic E-state index is 8.87. The van der Waals surface area contributed by atoms with Crippen LogP contribution < -0.4 is 9.47 Å². The Morgan fingerprint density at radius 2 is 1.44 bits per heavy atom. The molecule has 2 heterocycles. The molecule has 0 amide bonds. The fourth-order valence-electron chi connectivity index (χ4n) is 2.16. The molecule has 0 aliphatic heterocycles. The highest BCUT2D eigenvalue weighted by Crippen LogP contribution is 2.25. The van der Waals surface area contributed by atoms with Gasteiger partial charge < -0.3 is 9.47 Å². The summed E-state index contributed by atoms with van der Waals surface area (Å²) in [6.07, 6.45) is 0. The Bertz CT molecular complexity index is 867. The van der Waals surface area contributed by atoms with Crippen LogP contribution in [0.25, 0.3) is 0 Å². The molecule has 7 heteroatoms. The van der Waals surface area contributed by atoms with Crippen LogP contribution in [0.5, 0.6) is 11.8 Å². The first kappa shape index (κ1) is 20.7. The van der Waals surface area contributed by atoms with Crippen molar-refractivity contribution in [1.82, 2.24) is 9.97 Å². The van der Waals surface area contributed by atoms with Crippen molar-refractivity contribution in [2.75, 3.05) is 14.2 Å². The van der Waals surface area contributed by atoms with Crippen LogP contribution in [0.2, 0.25) is 0 Å². The third kappa shape index (κ3) is 4.80. The molecule has 0 radical (unpaired) electrons. The summed E-state index contributed by atoms with van der Waals surface area (Å²) < 4.78 is 11.0. The second-order valence-corrected chi connectivity index (χ2v) is 6.29. The monoisotopic (exact) mass is 450 g/mol. The standard InChI is InChI=1S/C9H9IN2O.C9H10N2O/c1-5-7(4-11)9(13-3)12-6(2)8(5)10;1-6-4-7(2)11-9(12-3)8(6)5-10/h1-3H3;4H,1-3H3. The summed E-state index contributed by atoms with van der Waals surface area (Å²) in [6, 6.07) is 6.01. The van der Waals surface area contributed by atoms with Crippen molar-refractivity contribution < 1.29 is 9.47 Å². The number of nitriles is 2. The average molecular weight is 450 g/mol. The molecule has 0 bridgehead atoms. The Labute approximate surface area is 161 Å². The largest absolute Gasteiger partial charge is 0.480 e. The first-order chi connectivity index (χ1) is 11.8. The number of hydrogen-bond donors (Lipinski definition) is 0. The zero-order valence-electron chi connectivity index (χ0n) is 15.1. The molecule has 130 valence electrons. The SMILES string of the molecule is COc1nc(C)c(I)c(C)c1C#N.COc1nc(C)cc(C)c1C#N. The predicted molar refractivity (Wildman–Crippen MR) is 103 cm³/mol. The van der Waals surface area contributed by atoms with E-state index in [0.29, 0.717) is 22.9 Å². The lowest BCUT2D eigenvalue weighted by Crippen LogP contribution is -2.00. The molecule has 0 spiro atoms. The van der Waals surface area contributed by atoms with E-state index in [-0.39, 0.29) is 0 Å². The molecule has 6 nitrogen and oxygen atoms in total. The van der Waals surface area contributed by atoms with Crippen molar-refractivity contribution in [3.05, 3.63) is 43.3 Å². The Hall–Kier alpha value is -2.39. The summed E-state index contributed by atoms with van der Waals surface area (Å²) in [6.45, 7) is 7.54. The molecule has 2 aromatic heterocycles. The van der Waals surface area contributed by atoms with Gasteiger partial charge in [-0.15, -0.1) is 0 Å². The Kier molecular flexibility index (Phi) is 7.59. The topological polar surface area (TPSA) is 91.8 Å². The summed E-state index contributed by atoms with van der Waals surface area (Å²) in [7, 11) is 3.04. The van der Waals surface area contributed by atoms with Crippen LogP contribution in [-0.2, 0) is 0 Å². The van der Waals surface area contributed by atoms with Crippen LogP contribution in [0, 0.1) is 53.9 Å². The van der Waals surface area contributed by atoms with E-state index in [0.717, 1.165) is 26.1 Å². The number of halogens is 1. The highest BCUT2D eigenvalue weighted by molar-refractivity contribution is 14.1. The Morgan fingerprint density at radius 1 is 0.920 bits per heavy atom. The van der Waals surface area contributed by atoms with Crippen molar-refractivity contribution in [3.63, 3.8) is 0 Å². The van der Waals surface area contributed by atoms with Crippen LogP contribution in [0.1, 0.15) is 33.6 Å². The van der Waals surface area contributed by atoms with Gasteiger partial charge in [0.2, 0.25) is 11.8 Å². The van der Waals surface area contributed by atoms with Gasteiger partial charge in [-0.2, -0.15) is 10.5 Å². The van der Waals surface area contributed by atoms with E-state index >= 15 is 0 Å². The van der Waals surface area contributed by atoms with Gasteiger partial charge >= 0.3 is 0 Å². The van der Waals surface area contributed by atoms with Crippen LogP contribution in [0.3, 0.4) is 0 Å². The van der Waals surface area contributed by atoms with Gasteiger partial charge in [0.15, 0.2) is 0 Å². The molecule has 0 aliphatic carbocycles. The first-order valence-corrected chi connectivity index (χ1v) is 8.41. The number of aromatic nitrogens is 2. The van der Waals surface area contributed by atoms with E-state index in [1.807, 2.05) is 33.8 Å². The van der Waals surface area contributed by atoms with Gasteiger partial charge in [0, 0.05) is 9.26 Å². The van der Waals surface area contributed by atoms with E-state index in [1.165, 1.54) is 14.2 Å². The maximum Gasteiger partial charge on any atom is 0.231 e. The van der Waals surface area contributed by atoms with Crippen LogP contribution in [0.4, 0.5) is 0 Å². The van der Waals surface area contributed by atoms with Gasteiger partial charge in [-0.05, 0) is 67.5 Å². The van der Waals surface area contributed by atoms with Crippen LogP contribution >= 0.6 is 22.6 Å². The van der Waals surface area contributed by atoms with Crippen molar-refractivity contribution in [3.8, 4) is 23.9 Å². The Balaban J connectivity index is 0.000000251. The molecule has 0 aliphatic rings. The molecule has 0 unspecified atom stereocenters. The molecule has 0 saturated heterocycles. The minimum Gasteiger partial charge on any atom is -0.480 e. The lowest BCUT2D eigenvalue weighted by Gasteiger charge is -2.08. The van der Waals surface area contributed by atoms with E-state index < -0.39 is 0 Å². The number of methoxy groups -OCH3 is 2. The number of nitrogens with zero attached hydrogens (tertiary/aromatic N) is 4. The minimum absolute atomic E-state index is 0.412. The van der Waals surface area contributed by atoms with Crippen molar-refractivity contribution >= 4 is 22.6 Å². The lowest BCUT2D eigenvalue weighted by atomic mass is 10.1. The van der Waals surface area contributed by atoms with Gasteiger partial charge in [-0.25, -0.2) is 9.97 Å². The predicted octanol–water partition coefficient (Wildman–Crippen LogP) is 3.76. The van der Waals surface area contributed by atoms with Gasteiger partial charge in [0.05, 0.1) is 19.9 Å². The van der Waals surface area contributed by atoms with Gasteiger partial charge in [-0.3, -0.25) is 0 Å². The van der Waals surface area contributed by atoms with Gasteiger partial charge in [-0.1, -0.05) is 0 Å². The minimum atomic E-state index is 0.412. The average Bonchev–Trinajstić information content (AvgIpc) is 2.59. The third-order valence-corrected chi connectivity index (χ3v) is 5.02. The van der Waals surface area contributed by atoms with E-state index in [2.05, 4.69) is 44.7 Å². The smallest absolute Gasteiger partial charge is 0.231 e. The van der Waals surface area contributed by atoms with Crippen molar-refractivity contribution in [2.24, 2.45) is 0 Å². The molecule has 25 heavy (non-hydrogen) atoms. The summed E-state index contributed by atoms with van der Waals surface area (Å²) in [5.41, 5.74) is 4.65. The first-order valence-electron chi connectivity index (χ1n) is 7.33. The fraction of sp³-hybridized carbons (Fsp3) is 0.333. The molecular formula is C18H19IN4O2. The summed E-state index contributed by atoms with van der Waals surface area (Å²) in [5, 5.41) is 17.6. The van der Waals surface area contributed by atoms with Crippen LogP contribution in [-0.4, -0.2) is 24.2 Å². The number of ether oxygens (including phenoxy) is 2. The number of rotatable bonds is 2. The molecule has 0 atom stereocenters. The van der Waals surface area contributed by atoms with Crippen molar-refractivity contribution in [1.29, 1.82) is 10.5 Å². The molecular weight excluding hydrogens is 431 g/mol. The highest BCUT2D eigenvalue weighted by Gasteiger charge is 2.12. The number of pyridine rings is 2. The zero-order chi connectivity index (χ0) is 19.1. The van der Waals surface area contributed by atoms with Crippen molar-refractivity contribution in [2.45, 2.75) is 27.7 Å². The number of aryl methyl sites for hydroxylation is 3.